The Hall–Kier alpha value is -0.650. The van der Waals surface area contributed by atoms with Crippen LogP contribution in [0.25, 0.3) is 0 Å². The summed E-state index contributed by atoms with van der Waals surface area (Å²) in [5.74, 6) is -0.668. The van der Waals surface area contributed by atoms with Crippen molar-refractivity contribution < 1.29 is 9.90 Å². The second-order valence-electron chi connectivity index (χ2n) is 6.55. The maximum absolute atomic E-state index is 11.7. The largest absolute Gasteiger partial charge is 0.480 e. The molecule has 0 amide bonds. The Labute approximate surface area is 128 Å². The fourth-order valence-electron chi connectivity index (χ4n) is 3.99. The first kappa shape index (κ1) is 16.7. The highest BCUT2D eigenvalue weighted by molar-refractivity contribution is 5.79. The molecule has 2 unspecified atom stereocenters. The van der Waals surface area contributed by atoms with Crippen LogP contribution in [0.15, 0.2) is 0 Å². The molecule has 1 saturated carbocycles. The molecular weight excluding hydrogens is 266 g/mol. The third kappa shape index (κ3) is 3.96. The minimum absolute atomic E-state index is 0.428. The van der Waals surface area contributed by atoms with Crippen molar-refractivity contribution in [2.24, 2.45) is 0 Å². The molecule has 0 radical (unpaired) electrons. The summed E-state index contributed by atoms with van der Waals surface area (Å²) < 4.78 is 0. The van der Waals surface area contributed by atoms with Gasteiger partial charge in [-0.3, -0.25) is 9.69 Å². The molecule has 0 aromatic rings. The van der Waals surface area contributed by atoms with Gasteiger partial charge in [-0.15, -0.1) is 0 Å². The van der Waals surface area contributed by atoms with Gasteiger partial charge in [0, 0.05) is 32.2 Å². The van der Waals surface area contributed by atoms with Gasteiger partial charge in [0.05, 0.1) is 0 Å². The van der Waals surface area contributed by atoms with E-state index in [2.05, 4.69) is 22.0 Å². The maximum Gasteiger partial charge on any atom is 0.323 e. The summed E-state index contributed by atoms with van der Waals surface area (Å²) in [6.45, 7) is 10.6. The molecule has 1 aliphatic heterocycles. The standard InChI is InChI=1S/C16H31N3O2/c1-3-8-18-9-11-19(12-10-18)14-6-5-7-16(13-14,15(20)21)17-4-2/h14,17H,3-13H2,1-2H3,(H,20,21). The van der Waals surface area contributed by atoms with Crippen molar-refractivity contribution >= 4 is 5.97 Å². The topological polar surface area (TPSA) is 55.8 Å². The zero-order valence-corrected chi connectivity index (χ0v) is 13.6. The highest BCUT2D eigenvalue weighted by atomic mass is 16.4. The number of carboxylic acids is 1. The van der Waals surface area contributed by atoms with E-state index in [0.717, 1.165) is 58.4 Å². The van der Waals surface area contributed by atoms with E-state index in [1.165, 1.54) is 13.0 Å². The minimum atomic E-state index is -0.696. The summed E-state index contributed by atoms with van der Waals surface area (Å²) >= 11 is 0. The maximum atomic E-state index is 11.7. The summed E-state index contributed by atoms with van der Waals surface area (Å²) in [6.07, 6.45) is 4.89. The first-order chi connectivity index (χ1) is 10.1. The van der Waals surface area contributed by atoms with E-state index in [9.17, 15) is 9.90 Å². The first-order valence-corrected chi connectivity index (χ1v) is 8.56. The highest BCUT2D eigenvalue weighted by Gasteiger charge is 2.43. The predicted molar refractivity (Wildman–Crippen MR) is 84.6 cm³/mol. The van der Waals surface area contributed by atoms with Crippen molar-refractivity contribution in [2.45, 2.75) is 57.5 Å². The quantitative estimate of drug-likeness (QED) is 0.776. The van der Waals surface area contributed by atoms with Crippen molar-refractivity contribution in [1.29, 1.82) is 0 Å². The summed E-state index contributed by atoms with van der Waals surface area (Å²) in [7, 11) is 0. The normalized spacial score (nSPS) is 32.2. The van der Waals surface area contributed by atoms with Gasteiger partial charge in [-0.05, 0) is 45.2 Å². The van der Waals surface area contributed by atoms with Crippen molar-refractivity contribution in [1.82, 2.24) is 15.1 Å². The van der Waals surface area contributed by atoms with Crippen LogP contribution < -0.4 is 5.32 Å². The molecular formula is C16H31N3O2. The van der Waals surface area contributed by atoms with Crippen LogP contribution in [0.1, 0.15) is 46.0 Å². The van der Waals surface area contributed by atoms with Crippen molar-refractivity contribution in [2.75, 3.05) is 39.3 Å². The predicted octanol–water partition coefficient (Wildman–Crippen LogP) is 1.39. The number of piperazine rings is 1. The molecule has 0 aromatic heterocycles. The number of nitrogens with zero attached hydrogens (tertiary/aromatic N) is 2. The number of carboxylic acid groups (broad SMARTS) is 1. The molecule has 0 spiro atoms. The van der Waals surface area contributed by atoms with Crippen molar-refractivity contribution in [3.8, 4) is 0 Å². The number of rotatable bonds is 6. The summed E-state index contributed by atoms with van der Waals surface area (Å²) in [6, 6.07) is 0.428. The van der Waals surface area contributed by atoms with E-state index in [1.807, 2.05) is 6.92 Å². The molecule has 21 heavy (non-hydrogen) atoms. The molecule has 5 nitrogen and oxygen atoms in total. The Balaban J connectivity index is 1.93. The van der Waals surface area contributed by atoms with Gasteiger partial charge in [0.2, 0.25) is 0 Å². The first-order valence-electron chi connectivity index (χ1n) is 8.56. The van der Waals surface area contributed by atoms with E-state index in [4.69, 9.17) is 0 Å². The van der Waals surface area contributed by atoms with Crippen LogP contribution in [0.5, 0.6) is 0 Å². The van der Waals surface area contributed by atoms with Gasteiger partial charge < -0.3 is 15.3 Å². The minimum Gasteiger partial charge on any atom is -0.480 e. The zero-order valence-electron chi connectivity index (χ0n) is 13.6. The monoisotopic (exact) mass is 297 g/mol. The Kier molecular flexibility index (Phi) is 6.02. The molecule has 0 bridgehead atoms. The van der Waals surface area contributed by atoms with E-state index in [1.54, 1.807) is 0 Å². The van der Waals surface area contributed by atoms with Gasteiger partial charge in [0.15, 0.2) is 0 Å². The van der Waals surface area contributed by atoms with Gasteiger partial charge in [0.25, 0.3) is 0 Å². The van der Waals surface area contributed by atoms with Gasteiger partial charge in [0.1, 0.15) is 5.54 Å². The van der Waals surface area contributed by atoms with Crippen LogP contribution in [-0.4, -0.2) is 71.7 Å². The van der Waals surface area contributed by atoms with Gasteiger partial charge in [-0.1, -0.05) is 13.8 Å². The molecule has 0 aromatic carbocycles. The van der Waals surface area contributed by atoms with Crippen LogP contribution in [0, 0.1) is 0 Å². The second-order valence-corrected chi connectivity index (χ2v) is 6.55. The number of hydrogen-bond acceptors (Lipinski definition) is 4. The Morgan fingerprint density at radius 3 is 2.57 bits per heavy atom. The SMILES string of the molecule is CCCN1CCN(C2CCCC(NCC)(C(=O)O)C2)CC1. The molecule has 122 valence electrons. The van der Waals surface area contributed by atoms with E-state index in [-0.39, 0.29) is 0 Å². The number of hydrogen-bond donors (Lipinski definition) is 2. The van der Waals surface area contributed by atoms with Crippen LogP contribution in [0.4, 0.5) is 0 Å². The molecule has 1 heterocycles. The van der Waals surface area contributed by atoms with Gasteiger partial charge in [-0.25, -0.2) is 0 Å². The lowest BCUT2D eigenvalue weighted by molar-refractivity contribution is -0.147. The van der Waals surface area contributed by atoms with Crippen LogP contribution >= 0.6 is 0 Å². The molecule has 5 heteroatoms. The lowest BCUT2D eigenvalue weighted by atomic mass is 9.78. The Bertz CT molecular complexity index is 338. The van der Waals surface area contributed by atoms with E-state index < -0.39 is 11.5 Å². The van der Waals surface area contributed by atoms with Gasteiger partial charge >= 0.3 is 5.97 Å². The lowest BCUT2D eigenvalue weighted by Crippen LogP contribution is -2.60. The van der Waals surface area contributed by atoms with Gasteiger partial charge in [-0.2, -0.15) is 0 Å². The Morgan fingerprint density at radius 1 is 1.29 bits per heavy atom. The smallest absolute Gasteiger partial charge is 0.323 e. The average molecular weight is 297 g/mol. The molecule has 2 N–H and O–H groups in total. The molecule has 1 aliphatic carbocycles. The van der Waals surface area contributed by atoms with Crippen LogP contribution in [0.2, 0.25) is 0 Å². The molecule has 2 aliphatic rings. The van der Waals surface area contributed by atoms with Crippen molar-refractivity contribution in [3.05, 3.63) is 0 Å². The average Bonchev–Trinajstić information content (AvgIpc) is 2.49. The molecule has 1 saturated heterocycles. The zero-order chi connectivity index (χ0) is 15.3. The van der Waals surface area contributed by atoms with Crippen molar-refractivity contribution in [3.63, 3.8) is 0 Å². The number of aliphatic carboxylic acids is 1. The highest BCUT2D eigenvalue weighted by Crippen LogP contribution is 2.32. The molecule has 2 fully saturated rings. The number of nitrogens with one attached hydrogen (secondary N) is 1. The van der Waals surface area contributed by atoms with E-state index in [0.29, 0.717) is 6.04 Å². The van der Waals surface area contributed by atoms with E-state index >= 15 is 0 Å². The number of carbonyl (C=O) groups is 1. The van der Waals surface area contributed by atoms with Crippen LogP contribution in [0.3, 0.4) is 0 Å². The second kappa shape index (κ2) is 7.56. The number of likely N-dealkylation sites (N-methyl/N-ethyl adjacent to an activating group) is 1. The Morgan fingerprint density at radius 2 is 2.00 bits per heavy atom. The lowest BCUT2D eigenvalue weighted by Gasteiger charge is -2.45. The van der Waals surface area contributed by atoms with Crippen LogP contribution in [-0.2, 0) is 4.79 Å². The fourth-order valence-corrected chi connectivity index (χ4v) is 3.99. The fraction of sp³-hybridized carbons (Fsp3) is 0.938. The summed E-state index contributed by atoms with van der Waals surface area (Å²) in [5, 5.41) is 12.9. The summed E-state index contributed by atoms with van der Waals surface area (Å²) in [5.41, 5.74) is -0.696. The molecule has 2 rings (SSSR count). The third-order valence-corrected chi connectivity index (χ3v) is 5.11. The summed E-state index contributed by atoms with van der Waals surface area (Å²) in [4.78, 5) is 16.8. The molecule has 2 atom stereocenters. The third-order valence-electron chi connectivity index (χ3n) is 5.11.